The first-order chi connectivity index (χ1) is 9.75. The molecular formula is C15H20BrF3N2. The molecule has 1 N–H and O–H groups in total. The highest BCUT2D eigenvalue weighted by molar-refractivity contribution is 9.10. The van der Waals surface area contributed by atoms with Gasteiger partial charge in [0.1, 0.15) is 0 Å². The summed E-state index contributed by atoms with van der Waals surface area (Å²) < 4.78 is 40.3. The number of hydrogen-bond donors (Lipinski definition) is 1. The molecule has 1 aromatic rings. The van der Waals surface area contributed by atoms with E-state index < -0.39 is 11.7 Å². The summed E-state index contributed by atoms with van der Waals surface area (Å²) in [5.74, 6) is 0. The summed E-state index contributed by atoms with van der Waals surface area (Å²) in [5, 5.41) is 3.44. The highest BCUT2D eigenvalue weighted by Crippen LogP contribution is 2.39. The fourth-order valence-corrected chi connectivity index (χ4v) is 3.03. The number of benzene rings is 1. The molecule has 0 spiro atoms. The summed E-state index contributed by atoms with van der Waals surface area (Å²) in [5.41, 5.74) is -0.460. The van der Waals surface area contributed by atoms with Gasteiger partial charge >= 0.3 is 6.18 Å². The SMILES string of the molecule is CCC1(C)CN(c2ccc(Br)cc2C(F)(F)F)CCCN1. The quantitative estimate of drug-likeness (QED) is 0.834. The summed E-state index contributed by atoms with van der Waals surface area (Å²) >= 11 is 3.13. The van der Waals surface area contributed by atoms with E-state index >= 15 is 0 Å². The Morgan fingerprint density at radius 2 is 2.10 bits per heavy atom. The van der Waals surface area contributed by atoms with Crippen molar-refractivity contribution in [1.82, 2.24) is 5.32 Å². The average molecular weight is 365 g/mol. The molecule has 0 bridgehead atoms. The second kappa shape index (κ2) is 6.16. The van der Waals surface area contributed by atoms with Crippen molar-refractivity contribution in [3.05, 3.63) is 28.2 Å². The van der Waals surface area contributed by atoms with Gasteiger partial charge < -0.3 is 10.2 Å². The maximum absolute atomic E-state index is 13.3. The topological polar surface area (TPSA) is 15.3 Å². The molecule has 1 aromatic carbocycles. The van der Waals surface area contributed by atoms with Crippen molar-refractivity contribution in [2.45, 2.75) is 38.4 Å². The summed E-state index contributed by atoms with van der Waals surface area (Å²) in [7, 11) is 0. The van der Waals surface area contributed by atoms with E-state index in [1.807, 2.05) is 4.90 Å². The van der Waals surface area contributed by atoms with Crippen LogP contribution >= 0.6 is 15.9 Å². The minimum absolute atomic E-state index is 0.160. The first-order valence-corrected chi connectivity index (χ1v) is 7.91. The summed E-state index contributed by atoms with van der Waals surface area (Å²) in [6.07, 6.45) is -2.63. The first-order valence-electron chi connectivity index (χ1n) is 7.12. The van der Waals surface area contributed by atoms with Crippen LogP contribution in [0.25, 0.3) is 0 Å². The number of halogens is 4. The van der Waals surface area contributed by atoms with Crippen LogP contribution in [-0.4, -0.2) is 25.2 Å². The zero-order chi connectivity index (χ0) is 15.7. The molecule has 0 saturated carbocycles. The molecule has 0 radical (unpaired) electrons. The van der Waals surface area contributed by atoms with Crippen molar-refractivity contribution in [2.24, 2.45) is 0 Å². The second-order valence-corrected chi connectivity index (χ2v) is 6.69. The number of rotatable bonds is 2. The van der Waals surface area contributed by atoms with E-state index in [9.17, 15) is 13.2 Å². The lowest BCUT2D eigenvalue weighted by atomic mass is 9.98. The van der Waals surface area contributed by atoms with Gasteiger partial charge in [0, 0.05) is 28.8 Å². The Balaban J connectivity index is 2.40. The highest BCUT2D eigenvalue weighted by Gasteiger charge is 2.37. The van der Waals surface area contributed by atoms with Gasteiger partial charge in [-0.05, 0) is 44.5 Å². The Morgan fingerprint density at radius 1 is 1.38 bits per heavy atom. The van der Waals surface area contributed by atoms with Gasteiger partial charge in [0.05, 0.1) is 5.56 Å². The minimum atomic E-state index is -4.35. The van der Waals surface area contributed by atoms with Gasteiger partial charge in [-0.2, -0.15) is 13.2 Å². The maximum atomic E-state index is 13.3. The molecule has 2 nitrogen and oxygen atoms in total. The second-order valence-electron chi connectivity index (χ2n) is 5.78. The van der Waals surface area contributed by atoms with Crippen LogP contribution in [0, 0.1) is 0 Å². The van der Waals surface area contributed by atoms with Crippen LogP contribution in [0.4, 0.5) is 18.9 Å². The third kappa shape index (κ3) is 3.92. The molecule has 1 atom stereocenters. The van der Waals surface area contributed by atoms with Gasteiger partial charge in [-0.3, -0.25) is 0 Å². The van der Waals surface area contributed by atoms with E-state index in [1.54, 1.807) is 12.1 Å². The van der Waals surface area contributed by atoms with Gasteiger partial charge in [-0.25, -0.2) is 0 Å². The van der Waals surface area contributed by atoms with E-state index in [0.717, 1.165) is 25.5 Å². The predicted molar refractivity (Wildman–Crippen MR) is 82.7 cm³/mol. The van der Waals surface area contributed by atoms with Gasteiger partial charge in [-0.15, -0.1) is 0 Å². The number of nitrogens with zero attached hydrogens (tertiary/aromatic N) is 1. The molecule has 2 rings (SSSR count). The van der Waals surface area contributed by atoms with Crippen molar-refractivity contribution in [1.29, 1.82) is 0 Å². The third-order valence-electron chi connectivity index (χ3n) is 4.08. The lowest BCUT2D eigenvalue weighted by molar-refractivity contribution is -0.137. The standard InChI is InChI=1S/C15H20BrF3N2/c1-3-14(2)10-21(8-4-7-20-14)13-6-5-11(16)9-12(13)15(17,18)19/h5-6,9,20H,3-4,7-8,10H2,1-2H3. The molecule has 118 valence electrons. The van der Waals surface area contributed by atoms with Gasteiger partial charge in [0.2, 0.25) is 0 Å². The van der Waals surface area contributed by atoms with E-state index in [2.05, 4.69) is 35.1 Å². The number of nitrogens with one attached hydrogen (secondary N) is 1. The molecule has 1 aliphatic rings. The van der Waals surface area contributed by atoms with Crippen LogP contribution in [0.3, 0.4) is 0 Å². The molecule has 21 heavy (non-hydrogen) atoms. The molecule has 0 amide bonds. The van der Waals surface area contributed by atoms with Gasteiger partial charge in [0.15, 0.2) is 0 Å². The average Bonchev–Trinajstić information content (AvgIpc) is 2.60. The van der Waals surface area contributed by atoms with Crippen LogP contribution in [0.15, 0.2) is 22.7 Å². The lowest BCUT2D eigenvalue weighted by Gasteiger charge is -2.35. The van der Waals surface area contributed by atoms with Crippen LogP contribution in [0.1, 0.15) is 32.3 Å². The van der Waals surface area contributed by atoms with Crippen LogP contribution < -0.4 is 10.2 Å². The normalized spacial score (nSPS) is 24.0. The molecule has 6 heteroatoms. The minimum Gasteiger partial charge on any atom is -0.369 e. The van der Waals surface area contributed by atoms with Crippen LogP contribution in [0.5, 0.6) is 0 Å². The third-order valence-corrected chi connectivity index (χ3v) is 4.57. The summed E-state index contributed by atoms with van der Waals surface area (Å²) in [4.78, 5) is 1.86. The Hall–Kier alpha value is -0.750. The van der Waals surface area contributed by atoms with Crippen LogP contribution in [0.2, 0.25) is 0 Å². The number of hydrogen-bond acceptors (Lipinski definition) is 2. The zero-order valence-corrected chi connectivity index (χ0v) is 13.8. The molecule has 1 fully saturated rings. The maximum Gasteiger partial charge on any atom is 0.418 e. The van der Waals surface area contributed by atoms with Crippen molar-refractivity contribution in [3.63, 3.8) is 0 Å². The zero-order valence-electron chi connectivity index (χ0n) is 12.2. The van der Waals surface area contributed by atoms with Gasteiger partial charge in [0.25, 0.3) is 0 Å². The fraction of sp³-hybridized carbons (Fsp3) is 0.600. The Labute approximate surface area is 131 Å². The molecule has 1 aliphatic heterocycles. The van der Waals surface area contributed by atoms with Gasteiger partial charge in [-0.1, -0.05) is 22.9 Å². The Bertz CT molecular complexity index is 504. The van der Waals surface area contributed by atoms with E-state index in [0.29, 0.717) is 17.6 Å². The predicted octanol–water partition coefficient (Wildman–Crippen LogP) is 4.44. The highest BCUT2D eigenvalue weighted by atomic mass is 79.9. The fourth-order valence-electron chi connectivity index (χ4n) is 2.67. The van der Waals surface area contributed by atoms with E-state index in [-0.39, 0.29) is 11.2 Å². The smallest absolute Gasteiger partial charge is 0.369 e. The van der Waals surface area contributed by atoms with Crippen molar-refractivity contribution >= 4 is 21.6 Å². The number of anilines is 1. The number of alkyl halides is 3. The van der Waals surface area contributed by atoms with Crippen molar-refractivity contribution in [3.8, 4) is 0 Å². The van der Waals surface area contributed by atoms with E-state index in [4.69, 9.17) is 0 Å². The Kier molecular flexibility index (Phi) is 4.88. The molecule has 1 unspecified atom stereocenters. The molecule has 0 aromatic heterocycles. The molecule has 1 saturated heterocycles. The summed E-state index contributed by atoms with van der Waals surface area (Å²) in [6, 6.07) is 4.40. The van der Waals surface area contributed by atoms with Crippen molar-refractivity contribution < 1.29 is 13.2 Å². The van der Waals surface area contributed by atoms with E-state index in [1.165, 1.54) is 0 Å². The Morgan fingerprint density at radius 3 is 2.71 bits per heavy atom. The van der Waals surface area contributed by atoms with Crippen molar-refractivity contribution in [2.75, 3.05) is 24.5 Å². The monoisotopic (exact) mass is 364 g/mol. The molecule has 1 heterocycles. The lowest BCUT2D eigenvalue weighted by Crippen LogP contribution is -2.48. The van der Waals surface area contributed by atoms with Crippen LogP contribution in [-0.2, 0) is 6.18 Å². The summed E-state index contributed by atoms with van der Waals surface area (Å²) in [6.45, 7) is 6.17. The largest absolute Gasteiger partial charge is 0.418 e. The molecular weight excluding hydrogens is 345 g/mol. The first kappa shape index (κ1) is 16.6. The molecule has 0 aliphatic carbocycles.